The third-order valence-corrected chi connectivity index (χ3v) is 3.14. The van der Waals surface area contributed by atoms with Crippen molar-refractivity contribution in [2.75, 3.05) is 0 Å². The molecule has 0 spiro atoms. The molecule has 1 N–H and O–H groups in total. The van der Waals surface area contributed by atoms with Crippen LogP contribution in [-0.2, 0) is 0 Å². The van der Waals surface area contributed by atoms with Gasteiger partial charge in [-0.1, -0.05) is 19.3 Å². The second-order valence-corrected chi connectivity index (χ2v) is 4.49. The van der Waals surface area contributed by atoms with Gasteiger partial charge in [-0.25, -0.2) is 0 Å². The molecule has 0 aliphatic heterocycles. The molecule has 1 saturated carbocycles. The lowest BCUT2D eigenvalue weighted by Gasteiger charge is -2.37. The highest BCUT2D eigenvalue weighted by Gasteiger charge is 2.29. The van der Waals surface area contributed by atoms with E-state index in [0.717, 1.165) is 5.92 Å². The van der Waals surface area contributed by atoms with E-state index in [1.54, 1.807) is 0 Å². The van der Waals surface area contributed by atoms with Crippen molar-refractivity contribution in [1.29, 1.82) is 0 Å². The molecule has 1 heteroatoms. The maximum Gasteiger partial charge on any atom is 0.0195 e. The molecule has 71 valence electrons. The molecule has 0 atom stereocenters. The molecular formula is C11H22N. The van der Waals surface area contributed by atoms with Gasteiger partial charge >= 0.3 is 0 Å². The Hall–Kier alpha value is -0.0400. The summed E-state index contributed by atoms with van der Waals surface area (Å²) in [4.78, 5) is 0. The van der Waals surface area contributed by atoms with Gasteiger partial charge < -0.3 is 5.32 Å². The van der Waals surface area contributed by atoms with Crippen molar-refractivity contribution in [2.24, 2.45) is 5.92 Å². The summed E-state index contributed by atoms with van der Waals surface area (Å²) in [5.41, 5.74) is 0.315. The van der Waals surface area contributed by atoms with E-state index < -0.39 is 0 Å². The van der Waals surface area contributed by atoms with Crippen molar-refractivity contribution in [3.63, 3.8) is 0 Å². The predicted octanol–water partition coefficient (Wildman–Crippen LogP) is 3.12. The molecule has 0 saturated heterocycles. The molecule has 1 fully saturated rings. The molecule has 12 heavy (non-hydrogen) atoms. The summed E-state index contributed by atoms with van der Waals surface area (Å²) in [6, 6.07) is 0. The molecule has 0 aromatic rings. The summed E-state index contributed by atoms with van der Waals surface area (Å²) in [7, 11) is 0. The predicted molar refractivity (Wildman–Crippen MR) is 53.8 cm³/mol. The minimum atomic E-state index is 0.315. The topological polar surface area (TPSA) is 12.0 Å². The van der Waals surface area contributed by atoms with Crippen LogP contribution in [0.4, 0.5) is 0 Å². The van der Waals surface area contributed by atoms with E-state index in [2.05, 4.69) is 32.6 Å². The van der Waals surface area contributed by atoms with Crippen LogP contribution in [0.25, 0.3) is 0 Å². The van der Waals surface area contributed by atoms with Crippen LogP contribution < -0.4 is 5.32 Å². The van der Waals surface area contributed by atoms with Crippen molar-refractivity contribution in [2.45, 2.75) is 58.4 Å². The lowest BCUT2D eigenvalue weighted by Crippen LogP contribution is -2.45. The number of nitrogens with one attached hydrogen (secondary N) is 1. The van der Waals surface area contributed by atoms with Crippen molar-refractivity contribution >= 4 is 0 Å². The summed E-state index contributed by atoms with van der Waals surface area (Å²) in [6.45, 7) is 8.80. The van der Waals surface area contributed by atoms with Crippen molar-refractivity contribution in [3.05, 3.63) is 6.54 Å². The molecule has 0 aromatic carbocycles. The minimum Gasteiger partial charge on any atom is -0.308 e. The highest BCUT2D eigenvalue weighted by Crippen LogP contribution is 2.32. The van der Waals surface area contributed by atoms with Crippen LogP contribution in [0.15, 0.2) is 0 Å². The maximum absolute atomic E-state index is 3.47. The highest BCUT2D eigenvalue weighted by atomic mass is 15.0. The Morgan fingerprint density at radius 2 is 1.75 bits per heavy atom. The fourth-order valence-corrected chi connectivity index (χ4v) is 2.31. The number of hydrogen-bond donors (Lipinski definition) is 1. The van der Waals surface area contributed by atoms with Gasteiger partial charge in [-0.05, 0) is 39.5 Å². The van der Waals surface area contributed by atoms with E-state index in [-0.39, 0.29) is 0 Å². The molecular weight excluding hydrogens is 146 g/mol. The second kappa shape index (κ2) is 4.27. The minimum absolute atomic E-state index is 0.315. The quantitative estimate of drug-likeness (QED) is 0.682. The van der Waals surface area contributed by atoms with Crippen LogP contribution in [0, 0.1) is 12.5 Å². The van der Waals surface area contributed by atoms with Crippen molar-refractivity contribution < 1.29 is 0 Å². The summed E-state index contributed by atoms with van der Waals surface area (Å²) in [5, 5.41) is 3.47. The fourth-order valence-electron chi connectivity index (χ4n) is 2.31. The first-order valence-corrected chi connectivity index (χ1v) is 5.22. The molecule has 1 nitrogen and oxygen atoms in total. The lowest BCUT2D eigenvalue weighted by atomic mass is 9.77. The molecule has 0 aromatic heterocycles. The van der Waals surface area contributed by atoms with E-state index in [0.29, 0.717) is 5.54 Å². The van der Waals surface area contributed by atoms with Gasteiger partial charge in [0.25, 0.3) is 0 Å². The molecule has 0 unspecified atom stereocenters. The Kier molecular flexibility index (Phi) is 3.57. The van der Waals surface area contributed by atoms with E-state index >= 15 is 0 Å². The first-order chi connectivity index (χ1) is 5.67. The molecule has 1 aliphatic rings. The Bertz CT molecular complexity index is 123. The van der Waals surface area contributed by atoms with Crippen LogP contribution in [0.2, 0.25) is 0 Å². The Balaban J connectivity index is 2.41. The summed E-state index contributed by atoms with van der Waals surface area (Å²) < 4.78 is 0. The largest absolute Gasteiger partial charge is 0.308 e. The average molecular weight is 168 g/mol. The summed E-state index contributed by atoms with van der Waals surface area (Å²) in [5.74, 6) is 0.877. The first-order valence-electron chi connectivity index (χ1n) is 5.22. The fraction of sp³-hybridized carbons (Fsp3) is 0.909. The summed E-state index contributed by atoms with van der Waals surface area (Å²) in [6.07, 6.45) is 7.13. The molecule has 1 radical (unpaired) electrons. The Morgan fingerprint density at radius 3 is 2.25 bits per heavy atom. The van der Waals surface area contributed by atoms with Crippen molar-refractivity contribution in [3.8, 4) is 0 Å². The van der Waals surface area contributed by atoms with Gasteiger partial charge in [-0.3, -0.25) is 0 Å². The Labute approximate surface area is 76.9 Å². The zero-order chi connectivity index (χ0) is 9.03. The highest BCUT2D eigenvalue weighted by molar-refractivity contribution is 4.89. The smallest absolute Gasteiger partial charge is 0.0195 e. The van der Waals surface area contributed by atoms with Crippen molar-refractivity contribution in [1.82, 2.24) is 5.32 Å². The normalized spacial score (nSPS) is 21.2. The second-order valence-electron chi connectivity index (χ2n) is 4.49. The maximum atomic E-state index is 3.47. The molecule has 0 amide bonds. The van der Waals surface area contributed by atoms with Gasteiger partial charge in [0.1, 0.15) is 0 Å². The van der Waals surface area contributed by atoms with E-state index in [9.17, 15) is 0 Å². The molecule has 1 rings (SSSR count). The number of hydrogen-bond acceptors (Lipinski definition) is 1. The van der Waals surface area contributed by atoms with Crippen LogP contribution in [0.3, 0.4) is 0 Å². The number of rotatable bonds is 3. The van der Waals surface area contributed by atoms with Gasteiger partial charge in [0.15, 0.2) is 0 Å². The summed E-state index contributed by atoms with van der Waals surface area (Å²) >= 11 is 0. The van der Waals surface area contributed by atoms with Gasteiger partial charge in [0.05, 0.1) is 0 Å². The zero-order valence-electron chi connectivity index (χ0n) is 8.69. The standard InChI is InChI=1S/C11H22N/c1-4-12-11(2,3)10-8-6-5-7-9-10/h4,10,12H,5-9H2,1-3H3. The van der Waals surface area contributed by atoms with E-state index in [1.165, 1.54) is 32.1 Å². The van der Waals surface area contributed by atoms with E-state index in [4.69, 9.17) is 0 Å². The third kappa shape index (κ3) is 2.48. The lowest BCUT2D eigenvalue weighted by molar-refractivity contribution is 0.206. The van der Waals surface area contributed by atoms with Gasteiger partial charge in [-0.2, -0.15) is 0 Å². The Morgan fingerprint density at radius 1 is 1.17 bits per heavy atom. The molecule has 1 aliphatic carbocycles. The monoisotopic (exact) mass is 168 g/mol. The van der Waals surface area contributed by atoms with E-state index in [1.807, 2.05) is 0 Å². The van der Waals surface area contributed by atoms with Crippen LogP contribution >= 0.6 is 0 Å². The SMILES string of the molecule is C[CH]NC(C)(C)C1CCCCC1. The zero-order valence-corrected chi connectivity index (χ0v) is 8.69. The van der Waals surface area contributed by atoms with Gasteiger partial charge in [-0.15, -0.1) is 0 Å². The van der Waals surface area contributed by atoms with Crippen LogP contribution in [0.1, 0.15) is 52.9 Å². The van der Waals surface area contributed by atoms with Crippen LogP contribution in [-0.4, -0.2) is 5.54 Å². The average Bonchev–Trinajstić information content (AvgIpc) is 2.06. The van der Waals surface area contributed by atoms with Gasteiger partial charge in [0.2, 0.25) is 0 Å². The van der Waals surface area contributed by atoms with Crippen LogP contribution in [0.5, 0.6) is 0 Å². The first kappa shape index (κ1) is 10.0. The third-order valence-electron chi connectivity index (χ3n) is 3.14. The molecule has 0 bridgehead atoms. The molecule has 0 heterocycles. The van der Waals surface area contributed by atoms with Gasteiger partial charge in [0, 0.05) is 12.1 Å².